The molecule has 0 atom stereocenters. The van der Waals surface area contributed by atoms with Gasteiger partial charge in [0.1, 0.15) is 12.1 Å². The third kappa shape index (κ3) is 3.87. The first-order valence-corrected chi connectivity index (χ1v) is 6.21. The van der Waals surface area contributed by atoms with Crippen molar-refractivity contribution in [2.24, 2.45) is 12.8 Å². The first-order chi connectivity index (χ1) is 10.1. The number of nitrogens with one attached hydrogen (secondary N) is 1. The molecule has 6 nitrogen and oxygen atoms in total. The van der Waals surface area contributed by atoms with Gasteiger partial charge in [0.25, 0.3) is 5.91 Å². The van der Waals surface area contributed by atoms with Crippen molar-refractivity contribution in [1.29, 1.82) is 0 Å². The Hall–Kier alpha value is -2.72. The zero-order valence-electron chi connectivity index (χ0n) is 11.4. The van der Waals surface area contributed by atoms with Crippen LogP contribution in [0.15, 0.2) is 24.5 Å². The predicted octanol–water partition coefficient (Wildman–Crippen LogP) is 0.194. The minimum absolute atomic E-state index is 0.0516. The zero-order valence-corrected chi connectivity index (χ0v) is 11.4. The maximum Gasteiger partial charge on any atom is 0.254 e. The molecule has 1 aromatic carbocycles. The van der Waals surface area contributed by atoms with Crippen LogP contribution >= 0.6 is 0 Å². The number of hydrogen-bond donors (Lipinski definition) is 2. The van der Waals surface area contributed by atoms with Crippen LogP contribution in [0.2, 0.25) is 0 Å². The molecule has 0 radical (unpaired) electrons. The maximum atomic E-state index is 13.9. The summed E-state index contributed by atoms with van der Waals surface area (Å²) in [5.74, 6) is 4.62. The number of nitrogens with two attached hydrogens (primary N) is 1. The van der Waals surface area contributed by atoms with Crippen molar-refractivity contribution in [3.8, 4) is 11.8 Å². The summed E-state index contributed by atoms with van der Waals surface area (Å²) in [4.78, 5) is 15.9. The molecule has 0 fully saturated rings. The number of halogens is 1. The van der Waals surface area contributed by atoms with Gasteiger partial charge in [-0.05, 0) is 18.2 Å². The second kappa shape index (κ2) is 6.63. The van der Waals surface area contributed by atoms with Crippen molar-refractivity contribution in [3.63, 3.8) is 0 Å². The average molecular weight is 287 g/mol. The SMILES string of the molecule is Cn1cnc(CNC(=O)c2ccc(C#CCN)cc2F)n1. The van der Waals surface area contributed by atoms with Crippen LogP contribution in [0.1, 0.15) is 21.7 Å². The fourth-order valence-corrected chi connectivity index (χ4v) is 1.65. The van der Waals surface area contributed by atoms with Gasteiger partial charge in [0.15, 0.2) is 5.82 Å². The standard InChI is InChI=1S/C14H14FN5O/c1-20-9-18-13(19-20)8-17-14(21)11-5-4-10(3-2-6-16)7-12(11)15/h4-5,7,9H,6,8,16H2,1H3,(H,17,21). The van der Waals surface area contributed by atoms with E-state index in [2.05, 4.69) is 27.2 Å². The van der Waals surface area contributed by atoms with Gasteiger partial charge in [-0.25, -0.2) is 9.37 Å². The highest BCUT2D eigenvalue weighted by Gasteiger charge is 2.12. The summed E-state index contributed by atoms with van der Waals surface area (Å²) in [5, 5.41) is 6.57. The molecule has 21 heavy (non-hydrogen) atoms. The van der Waals surface area contributed by atoms with Crippen LogP contribution < -0.4 is 11.1 Å². The molecule has 1 aromatic heterocycles. The summed E-state index contributed by atoms with van der Waals surface area (Å²) < 4.78 is 15.4. The third-order valence-corrected chi connectivity index (χ3v) is 2.60. The fourth-order valence-electron chi connectivity index (χ4n) is 1.65. The van der Waals surface area contributed by atoms with Crippen LogP contribution in [0, 0.1) is 17.7 Å². The minimum Gasteiger partial charge on any atom is -0.345 e. The quantitative estimate of drug-likeness (QED) is 0.789. The van der Waals surface area contributed by atoms with Gasteiger partial charge in [0.2, 0.25) is 0 Å². The van der Waals surface area contributed by atoms with Crippen molar-refractivity contribution in [2.75, 3.05) is 6.54 Å². The smallest absolute Gasteiger partial charge is 0.254 e. The Morgan fingerprint density at radius 2 is 2.33 bits per heavy atom. The van der Waals surface area contributed by atoms with Gasteiger partial charge < -0.3 is 11.1 Å². The van der Waals surface area contributed by atoms with E-state index in [0.717, 1.165) is 0 Å². The number of aromatic nitrogens is 3. The Balaban J connectivity index is 2.05. The highest BCUT2D eigenvalue weighted by Crippen LogP contribution is 2.10. The molecule has 1 amide bonds. The van der Waals surface area contributed by atoms with Crippen LogP contribution in [-0.4, -0.2) is 27.2 Å². The lowest BCUT2D eigenvalue weighted by Crippen LogP contribution is -2.24. The molecule has 0 spiro atoms. The van der Waals surface area contributed by atoms with Crippen molar-refractivity contribution < 1.29 is 9.18 Å². The van der Waals surface area contributed by atoms with E-state index >= 15 is 0 Å². The highest BCUT2D eigenvalue weighted by atomic mass is 19.1. The Morgan fingerprint density at radius 3 is 2.95 bits per heavy atom. The molecule has 2 aromatic rings. The summed E-state index contributed by atoms with van der Waals surface area (Å²) in [7, 11) is 1.72. The van der Waals surface area contributed by atoms with E-state index in [9.17, 15) is 9.18 Å². The molecule has 2 rings (SSSR count). The molecule has 7 heteroatoms. The van der Waals surface area contributed by atoms with Gasteiger partial charge in [0, 0.05) is 12.6 Å². The molecule has 0 unspecified atom stereocenters. The lowest BCUT2D eigenvalue weighted by molar-refractivity contribution is 0.0946. The van der Waals surface area contributed by atoms with Gasteiger partial charge in [-0.3, -0.25) is 9.48 Å². The molecule has 0 bridgehead atoms. The minimum atomic E-state index is -0.634. The van der Waals surface area contributed by atoms with Crippen LogP contribution in [0.4, 0.5) is 4.39 Å². The summed E-state index contributed by atoms with van der Waals surface area (Å²) in [6.07, 6.45) is 1.52. The Bertz CT molecular complexity index is 714. The number of carbonyl (C=O) groups excluding carboxylic acids is 1. The van der Waals surface area contributed by atoms with Crippen LogP contribution in [0.5, 0.6) is 0 Å². The molecule has 0 saturated heterocycles. The van der Waals surface area contributed by atoms with Crippen LogP contribution in [0.25, 0.3) is 0 Å². The molecular weight excluding hydrogens is 273 g/mol. The normalized spacial score (nSPS) is 9.86. The summed E-state index contributed by atoms with van der Waals surface area (Å²) >= 11 is 0. The van der Waals surface area contributed by atoms with Gasteiger partial charge >= 0.3 is 0 Å². The number of amides is 1. The molecule has 0 aliphatic carbocycles. The number of aryl methyl sites for hydroxylation is 1. The zero-order chi connectivity index (χ0) is 15.2. The Morgan fingerprint density at radius 1 is 1.52 bits per heavy atom. The van der Waals surface area contributed by atoms with E-state index in [0.29, 0.717) is 11.4 Å². The molecule has 0 saturated carbocycles. The van der Waals surface area contributed by atoms with E-state index in [4.69, 9.17) is 5.73 Å². The molecule has 0 aliphatic heterocycles. The molecule has 108 valence electrons. The van der Waals surface area contributed by atoms with Crippen molar-refractivity contribution in [2.45, 2.75) is 6.54 Å². The first kappa shape index (κ1) is 14.7. The fraction of sp³-hybridized carbons (Fsp3) is 0.214. The van der Waals surface area contributed by atoms with E-state index < -0.39 is 11.7 Å². The maximum absolute atomic E-state index is 13.9. The number of carbonyl (C=O) groups is 1. The Labute approximate surface area is 121 Å². The van der Waals surface area contributed by atoms with E-state index in [1.807, 2.05) is 0 Å². The lowest BCUT2D eigenvalue weighted by Gasteiger charge is -2.04. The second-order valence-electron chi connectivity index (χ2n) is 4.22. The topological polar surface area (TPSA) is 85.8 Å². The summed E-state index contributed by atoms with van der Waals surface area (Å²) in [6.45, 7) is 0.328. The second-order valence-corrected chi connectivity index (χ2v) is 4.22. The van der Waals surface area contributed by atoms with Crippen LogP contribution in [0.3, 0.4) is 0 Å². The monoisotopic (exact) mass is 287 g/mol. The molecule has 1 heterocycles. The highest BCUT2D eigenvalue weighted by molar-refractivity contribution is 5.94. The number of hydrogen-bond acceptors (Lipinski definition) is 4. The predicted molar refractivity (Wildman–Crippen MR) is 74.5 cm³/mol. The van der Waals surface area contributed by atoms with Gasteiger partial charge in [-0.15, -0.1) is 0 Å². The van der Waals surface area contributed by atoms with Gasteiger partial charge in [-0.1, -0.05) is 11.8 Å². The van der Waals surface area contributed by atoms with Crippen molar-refractivity contribution in [3.05, 3.63) is 47.3 Å². The van der Waals surface area contributed by atoms with Gasteiger partial charge in [0.05, 0.1) is 18.7 Å². The van der Waals surface area contributed by atoms with Crippen molar-refractivity contribution in [1.82, 2.24) is 20.1 Å². The van der Waals surface area contributed by atoms with E-state index in [1.54, 1.807) is 13.1 Å². The molecule has 3 N–H and O–H groups in total. The average Bonchev–Trinajstić information content (AvgIpc) is 2.88. The summed E-state index contributed by atoms with van der Waals surface area (Å²) in [5.41, 5.74) is 5.67. The lowest BCUT2D eigenvalue weighted by atomic mass is 10.1. The number of benzene rings is 1. The summed E-state index contributed by atoms with van der Waals surface area (Å²) in [6, 6.07) is 4.16. The number of rotatable bonds is 3. The number of nitrogens with zero attached hydrogens (tertiary/aromatic N) is 3. The van der Waals surface area contributed by atoms with E-state index in [-0.39, 0.29) is 18.7 Å². The third-order valence-electron chi connectivity index (χ3n) is 2.60. The molecule has 0 aliphatic rings. The largest absolute Gasteiger partial charge is 0.345 e. The van der Waals surface area contributed by atoms with Crippen molar-refractivity contribution >= 4 is 5.91 Å². The first-order valence-electron chi connectivity index (χ1n) is 6.21. The van der Waals surface area contributed by atoms with Crippen LogP contribution in [-0.2, 0) is 13.6 Å². The van der Waals surface area contributed by atoms with E-state index in [1.165, 1.54) is 23.1 Å². The molecular formula is C14H14FN5O. The Kier molecular flexibility index (Phi) is 4.64. The van der Waals surface area contributed by atoms with Gasteiger partial charge in [-0.2, -0.15) is 5.10 Å².